The molecule has 2 saturated heterocycles. The lowest BCUT2D eigenvalue weighted by molar-refractivity contribution is -0.359. The summed E-state index contributed by atoms with van der Waals surface area (Å²) in [6.07, 6.45) is 25.8. The molecule has 0 aromatic rings. The van der Waals surface area contributed by atoms with Crippen LogP contribution in [0, 0.1) is 0 Å². The standard InChI is InChI=1S/C50H89NO13/c1-3-5-7-9-11-13-15-17-18-19-20-21-22-24-26-28-30-32-34-42(55)51-38(39(54)33-31-29-27-25-23-16-14-12-10-8-6-4-2)37-61-49-47(60)45(58)48(41(36-53)63-49)64-50-46(59)44(57)43(56)40(35-52)62-50/h13,15,18-19,23,25,31,33,38-41,43-50,52-54,56-60H,3-12,14,16-17,20-22,24,26-30,32,34-37H2,1-2H3,(H,51,55)/b15-13-,19-18-,25-23+,33-31+. The molecule has 0 spiro atoms. The highest BCUT2D eigenvalue weighted by Crippen LogP contribution is 2.30. The van der Waals surface area contributed by atoms with Crippen molar-refractivity contribution in [1.29, 1.82) is 0 Å². The number of unbranched alkanes of at least 4 members (excludes halogenated alkanes) is 18. The molecule has 9 N–H and O–H groups in total. The number of carbonyl (C=O) groups excluding carboxylic acids is 1. The highest BCUT2D eigenvalue weighted by atomic mass is 16.7. The van der Waals surface area contributed by atoms with Crippen LogP contribution in [0.4, 0.5) is 0 Å². The third kappa shape index (κ3) is 24.1. The van der Waals surface area contributed by atoms with Crippen LogP contribution in [0.15, 0.2) is 48.6 Å². The van der Waals surface area contributed by atoms with Crippen molar-refractivity contribution >= 4 is 5.91 Å². The van der Waals surface area contributed by atoms with Crippen LogP contribution in [-0.4, -0.2) is 140 Å². The van der Waals surface area contributed by atoms with Crippen LogP contribution in [0.2, 0.25) is 0 Å². The van der Waals surface area contributed by atoms with E-state index in [1.165, 1.54) is 83.5 Å². The Morgan fingerprint density at radius 1 is 0.562 bits per heavy atom. The number of hydrogen-bond acceptors (Lipinski definition) is 13. The monoisotopic (exact) mass is 912 g/mol. The maximum Gasteiger partial charge on any atom is 0.220 e. The Hall–Kier alpha value is -2.05. The molecule has 0 aromatic carbocycles. The molecular weight excluding hydrogens is 823 g/mol. The molecular formula is C50H89NO13. The summed E-state index contributed by atoms with van der Waals surface area (Å²) < 4.78 is 22.6. The zero-order valence-electron chi connectivity index (χ0n) is 39.3. The van der Waals surface area contributed by atoms with E-state index >= 15 is 0 Å². The molecule has 14 heteroatoms. The lowest BCUT2D eigenvalue weighted by Crippen LogP contribution is -2.65. The van der Waals surface area contributed by atoms with Crippen molar-refractivity contribution in [2.45, 2.75) is 242 Å². The highest BCUT2D eigenvalue weighted by Gasteiger charge is 2.51. The van der Waals surface area contributed by atoms with Crippen LogP contribution in [0.25, 0.3) is 0 Å². The second-order valence-electron chi connectivity index (χ2n) is 17.6. The summed E-state index contributed by atoms with van der Waals surface area (Å²) in [6, 6.07) is -0.934. The van der Waals surface area contributed by atoms with Crippen molar-refractivity contribution in [1.82, 2.24) is 5.32 Å². The summed E-state index contributed by atoms with van der Waals surface area (Å²) in [6.45, 7) is 2.71. The van der Waals surface area contributed by atoms with Gasteiger partial charge in [-0.1, -0.05) is 146 Å². The molecule has 2 aliphatic heterocycles. The fourth-order valence-electron chi connectivity index (χ4n) is 7.86. The fourth-order valence-corrected chi connectivity index (χ4v) is 7.86. The fraction of sp³-hybridized carbons (Fsp3) is 0.820. The minimum absolute atomic E-state index is 0.261. The average molecular weight is 912 g/mol. The van der Waals surface area contributed by atoms with Gasteiger partial charge >= 0.3 is 0 Å². The van der Waals surface area contributed by atoms with E-state index in [-0.39, 0.29) is 18.9 Å². The molecule has 12 unspecified atom stereocenters. The van der Waals surface area contributed by atoms with E-state index in [0.717, 1.165) is 51.4 Å². The molecule has 12 atom stereocenters. The second-order valence-corrected chi connectivity index (χ2v) is 17.6. The molecule has 2 aliphatic rings. The van der Waals surface area contributed by atoms with Gasteiger partial charge in [-0.2, -0.15) is 0 Å². The summed E-state index contributed by atoms with van der Waals surface area (Å²) in [7, 11) is 0. The zero-order valence-corrected chi connectivity index (χ0v) is 39.3. The van der Waals surface area contributed by atoms with Gasteiger partial charge in [-0.05, 0) is 64.2 Å². The Labute approximate surface area is 384 Å². The lowest BCUT2D eigenvalue weighted by atomic mass is 9.97. The normalized spacial score (nSPS) is 27.7. The molecule has 64 heavy (non-hydrogen) atoms. The molecule has 0 bridgehead atoms. The number of aliphatic hydroxyl groups is 8. The largest absolute Gasteiger partial charge is 0.394 e. The predicted molar refractivity (Wildman–Crippen MR) is 249 cm³/mol. The number of amides is 1. The van der Waals surface area contributed by atoms with E-state index in [1.807, 2.05) is 6.08 Å². The Kier molecular flexibility index (Phi) is 33.6. The molecule has 372 valence electrons. The van der Waals surface area contributed by atoms with Crippen molar-refractivity contribution in [2.75, 3.05) is 19.8 Å². The average Bonchev–Trinajstić information content (AvgIpc) is 3.29. The summed E-state index contributed by atoms with van der Waals surface area (Å²) in [4.78, 5) is 13.1. The number of carbonyl (C=O) groups is 1. The Morgan fingerprint density at radius 2 is 1.05 bits per heavy atom. The van der Waals surface area contributed by atoms with Crippen molar-refractivity contribution in [3.05, 3.63) is 48.6 Å². The maximum atomic E-state index is 13.1. The van der Waals surface area contributed by atoms with Gasteiger partial charge in [-0.15, -0.1) is 0 Å². The third-order valence-corrected chi connectivity index (χ3v) is 12.0. The van der Waals surface area contributed by atoms with Gasteiger partial charge in [0.15, 0.2) is 12.6 Å². The Bertz CT molecular complexity index is 1260. The quantitative estimate of drug-likeness (QED) is 0.0254. The highest BCUT2D eigenvalue weighted by molar-refractivity contribution is 5.76. The zero-order chi connectivity index (χ0) is 46.8. The van der Waals surface area contributed by atoms with E-state index in [0.29, 0.717) is 12.8 Å². The Morgan fingerprint density at radius 3 is 1.64 bits per heavy atom. The Balaban J connectivity index is 1.86. The van der Waals surface area contributed by atoms with Gasteiger partial charge in [0.05, 0.1) is 32.0 Å². The number of rotatable bonds is 37. The van der Waals surface area contributed by atoms with Crippen LogP contribution in [0.3, 0.4) is 0 Å². The van der Waals surface area contributed by atoms with Crippen LogP contribution in [-0.2, 0) is 23.7 Å². The van der Waals surface area contributed by atoms with Crippen LogP contribution in [0.1, 0.15) is 168 Å². The minimum Gasteiger partial charge on any atom is -0.394 e. The molecule has 0 aliphatic carbocycles. The molecule has 1 amide bonds. The van der Waals surface area contributed by atoms with Gasteiger partial charge in [0.2, 0.25) is 5.91 Å². The number of allylic oxidation sites excluding steroid dienone is 7. The number of aliphatic hydroxyl groups excluding tert-OH is 8. The minimum atomic E-state index is -1.79. The molecule has 0 saturated carbocycles. The van der Waals surface area contributed by atoms with Gasteiger partial charge in [0, 0.05) is 6.42 Å². The summed E-state index contributed by atoms with van der Waals surface area (Å²) in [5, 5.41) is 86.6. The number of ether oxygens (including phenoxy) is 4. The van der Waals surface area contributed by atoms with E-state index in [1.54, 1.807) is 6.08 Å². The second kappa shape index (κ2) is 37.0. The first-order chi connectivity index (χ1) is 31.1. The van der Waals surface area contributed by atoms with Gasteiger partial charge in [0.1, 0.15) is 48.8 Å². The van der Waals surface area contributed by atoms with Crippen LogP contribution >= 0.6 is 0 Å². The first-order valence-electron chi connectivity index (χ1n) is 24.9. The number of nitrogens with one attached hydrogen (secondary N) is 1. The van der Waals surface area contributed by atoms with Gasteiger partial charge < -0.3 is 65.1 Å². The molecule has 2 fully saturated rings. The third-order valence-electron chi connectivity index (χ3n) is 12.0. The molecule has 2 heterocycles. The topological polar surface area (TPSA) is 228 Å². The summed E-state index contributed by atoms with van der Waals surface area (Å²) in [5.41, 5.74) is 0. The molecule has 14 nitrogen and oxygen atoms in total. The SMILES string of the molecule is CCCCCC/C=C\C/C=C\CCCCCCCCCC(=O)NC(COC1OC(CO)C(OC2OC(CO)C(O)C(O)C2O)C(O)C1O)C(O)/C=C/CC/C=C/CCCCCCCC. The first kappa shape index (κ1) is 58.1. The molecule has 0 aromatic heterocycles. The van der Waals surface area contributed by atoms with Gasteiger partial charge in [-0.25, -0.2) is 0 Å². The van der Waals surface area contributed by atoms with Crippen molar-refractivity contribution in [3.8, 4) is 0 Å². The van der Waals surface area contributed by atoms with Crippen molar-refractivity contribution < 1.29 is 64.6 Å². The van der Waals surface area contributed by atoms with Crippen LogP contribution < -0.4 is 5.32 Å². The molecule has 2 rings (SSSR count). The predicted octanol–water partition coefficient (Wildman–Crippen LogP) is 6.10. The smallest absolute Gasteiger partial charge is 0.220 e. The van der Waals surface area contributed by atoms with Gasteiger partial charge in [0.25, 0.3) is 0 Å². The van der Waals surface area contributed by atoms with E-state index in [2.05, 4.69) is 55.6 Å². The lowest BCUT2D eigenvalue weighted by Gasteiger charge is -2.46. The summed E-state index contributed by atoms with van der Waals surface area (Å²) >= 11 is 0. The first-order valence-corrected chi connectivity index (χ1v) is 24.9. The maximum absolute atomic E-state index is 13.1. The summed E-state index contributed by atoms with van der Waals surface area (Å²) in [5.74, 6) is -0.261. The van der Waals surface area contributed by atoms with E-state index in [4.69, 9.17) is 18.9 Å². The van der Waals surface area contributed by atoms with E-state index in [9.17, 15) is 45.6 Å². The van der Waals surface area contributed by atoms with Crippen molar-refractivity contribution in [3.63, 3.8) is 0 Å². The van der Waals surface area contributed by atoms with E-state index < -0.39 is 86.8 Å². The van der Waals surface area contributed by atoms with Crippen LogP contribution in [0.5, 0.6) is 0 Å². The van der Waals surface area contributed by atoms with Gasteiger partial charge in [-0.3, -0.25) is 4.79 Å². The molecule has 0 radical (unpaired) electrons. The van der Waals surface area contributed by atoms with Crippen molar-refractivity contribution in [2.24, 2.45) is 0 Å². The number of hydrogen-bond donors (Lipinski definition) is 9.